The number of halogens is 1. The number of aromatic nitrogens is 1. The summed E-state index contributed by atoms with van der Waals surface area (Å²) >= 11 is 1.38. The summed E-state index contributed by atoms with van der Waals surface area (Å²) in [6.07, 6.45) is 1.70. The molecular weight excluding hydrogens is 323 g/mol. The normalized spacial score (nSPS) is 11.7. The van der Waals surface area contributed by atoms with Crippen molar-refractivity contribution in [3.63, 3.8) is 0 Å². The minimum absolute atomic E-state index is 0.177. The zero-order valence-electron chi connectivity index (χ0n) is 12.7. The molecule has 0 spiro atoms. The van der Waals surface area contributed by atoms with Gasteiger partial charge in [0.25, 0.3) is 0 Å². The van der Waals surface area contributed by atoms with Gasteiger partial charge < -0.3 is 5.32 Å². The van der Waals surface area contributed by atoms with E-state index in [2.05, 4.69) is 10.3 Å². The Morgan fingerprint density at radius 3 is 2.33 bits per heavy atom. The van der Waals surface area contributed by atoms with Gasteiger partial charge in [0.15, 0.2) is 0 Å². The summed E-state index contributed by atoms with van der Waals surface area (Å²) in [6.45, 7) is 0. The quantitative estimate of drug-likeness (QED) is 0.686. The first kappa shape index (κ1) is 16.2. The summed E-state index contributed by atoms with van der Waals surface area (Å²) in [5.41, 5.74) is 1.44. The van der Waals surface area contributed by atoms with Gasteiger partial charge in [0.2, 0.25) is 5.91 Å². The fourth-order valence-electron chi connectivity index (χ4n) is 2.18. The highest BCUT2D eigenvalue weighted by Crippen LogP contribution is 2.35. The van der Waals surface area contributed by atoms with Gasteiger partial charge in [0.1, 0.15) is 11.1 Å². The Bertz CT molecular complexity index is 795. The van der Waals surface area contributed by atoms with Gasteiger partial charge in [0, 0.05) is 11.9 Å². The van der Waals surface area contributed by atoms with Gasteiger partial charge in [-0.2, -0.15) is 0 Å². The molecule has 24 heavy (non-hydrogen) atoms. The smallest absolute Gasteiger partial charge is 0.242 e. The van der Waals surface area contributed by atoms with Crippen molar-refractivity contribution in [2.24, 2.45) is 0 Å². The van der Waals surface area contributed by atoms with Crippen LogP contribution in [0.3, 0.4) is 0 Å². The minimum Gasteiger partial charge on any atom is -0.325 e. The van der Waals surface area contributed by atoms with E-state index in [4.69, 9.17) is 0 Å². The monoisotopic (exact) mass is 338 g/mol. The topological polar surface area (TPSA) is 42.0 Å². The lowest BCUT2D eigenvalue weighted by molar-refractivity contribution is -0.115. The summed E-state index contributed by atoms with van der Waals surface area (Å²) in [7, 11) is 0. The van der Waals surface area contributed by atoms with Crippen LogP contribution < -0.4 is 5.32 Å². The van der Waals surface area contributed by atoms with Gasteiger partial charge in [-0.05, 0) is 42.0 Å². The molecule has 1 amide bonds. The molecule has 1 N–H and O–H groups in total. The van der Waals surface area contributed by atoms with Crippen molar-refractivity contribution in [3.05, 3.63) is 90.4 Å². The molecule has 120 valence electrons. The predicted octanol–water partition coefficient (Wildman–Crippen LogP) is 4.69. The maximum atomic E-state index is 13.0. The zero-order chi connectivity index (χ0) is 16.8. The standard InChI is InChI=1S/C19H15FN2OS/c20-15-9-11-16(12-10-15)22-19(23)18(14-6-2-1-3-7-14)24-17-8-4-5-13-21-17/h1-13,18H,(H,22,23)/t18-/m0/s1. The largest absolute Gasteiger partial charge is 0.325 e. The molecule has 5 heteroatoms. The molecule has 0 unspecified atom stereocenters. The van der Waals surface area contributed by atoms with Crippen LogP contribution in [0.2, 0.25) is 0 Å². The van der Waals surface area contributed by atoms with Crippen LogP contribution in [0.4, 0.5) is 10.1 Å². The van der Waals surface area contributed by atoms with Gasteiger partial charge in [-0.1, -0.05) is 48.2 Å². The van der Waals surface area contributed by atoms with E-state index in [0.717, 1.165) is 10.6 Å². The number of hydrogen-bond donors (Lipinski definition) is 1. The van der Waals surface area contributed by atoms with E-state index in [9.17, 15) is 9.18 Å². The molecule has 1 atom stereocenters. The van der Waals surface area contributed by atoms with Crippen LogP contribution in [-0.4, -0.2) is 10.9 Å². The third-order valence-electron chi connectivity index (χ3n) is 3.33. The number of carbonyl (C=O) groups is 1. The molecule has 3 rings (SSSR count). The first-order valence-corrected chi connectivity index (χ1v) is 8.29. The molecule has 0 aliphatic carbocycles. The molecule has 0 aliphatic heterocycles. The number of benzene rings is 2. The Labute approximate surface area is 143 Å². The molecule has 1 aromatic heterocycles. The number of nitrogens with zero attached hydrogens (tertiary/aromatic N) is 1. The number of hydrogen-bond acceptors (Lipinski definition) is 3. The maximum absolute atomic E-state index is 13.0. The number of amides is 1. The van der Waals surface area contributed by atoms with Crippen molar-refractivity contribution < 1.29 is 9.18 Å². The Kier molecular flexibility index (Phi) is 5.23. The number of pyridine rings is 1. The lowest BCUT2D eigenvalue weighted by Crippen LogP contribution is -2.19. The summed E-state index contributed by atoms with van der Waals surface area (Å²) in [5, 5.41) is 3.15. The SMILES string of the molecule is O=C(Nc1ccc(F)cc1)[C@@H](Sc1ccccn1)c1ccccc1. The Balaban J connectivity index is 1.83. The minimum atomic E-state index is -0.453. The average molecular weight is 338 g/mol. The molecule has 3 aromatic rings. The third kappa shape index (κ3) is 4.20. The molecule has 0 bridgehead atoms. The second kappa shape index (κ2) is 7.75. The van der Waals surface area contributed by atoms with E-state index in [1.807, 2.05) is 48.5 Å². The van der Waals surface area contributed by atoms with Crippen molar-refractivity contribution in [3.8, 4) is 0 Å². The van der Waals surface area contributed by atoms with E-state index in [1.54, 1.807) is 18.3 Å². The highest BCUT2D eigenvalue weighted by Gasteiger charge is 2.22. The van der Waals surface area contributed by atoms with Gasteiger partial charge in [-0.15, -0.1) is 0 Å². The van der Waals surface area contributed by atoms with Crippen LogP contribution in [0.15, 0.2) is 84.0 Å². The predicted molar refractivity (Wildman–Crippen MR) is 94.3 cm³/mol. The van der Waals surface area contributed by atoms with Gasteiger partial charge in [-0.25, -0.2) is 9.37 Å². The van der Waals surface area contributed by atoms with Crippen molar-refractivity contribution in [1.82, 2.24) is 4.98 Å². The zero-order valence-corrected chi connectivity index (χ0v) is 13.5. The van der Waals surface area contributed by atoms with Crippen molar-refractivity contribution in [2.45, 2.75) is 10.3 Å². The second-order valence-electron chi connectivity index (χ2n) is 5.07. The van der Waals surface area contributed by atoms with Crippen molar-refractivity contribution in [1.29, 1.82) is 0 Å². The van der Waals surface area contributed by atoms with Crippen molar-refractivity contribution in [2.75, 3.05) is 5.32 Å². The average Bonchev–Trinajstić information content (AvgIpc) is 2.63. The maximum Gasteiger partial charge on any atom is 0.242 e. The number of thioether (sulfide) groups is 1. The summed E-state index contributed by atoms with van der Waals surface area (Å²) in [4.78, 5) is 17.0. The lowest BCUT2D eigenvalue weighted by Gasteiger charge is -2.16. The molecule has 0 radical (unpaired) electrons. The summed E-state index contributed by atoms with van der Waals surface area (Å²) in [6, 6.07) is 20.8. The first-order valence-electron chi connectivity index (χ1n) is 7.41. The fraction of sp³-hybridized carbons (Fsp3) is 0.0526. The van der Waals surface area contributed by atoms with Gasteiger partial charge in [-0.3, -0.25) is 4.79 Å². The molecule has 0 aliphatic rings. The molecule has 0 fully saturated rings. The Morgan fingerprint density at radius 1 is 0.958 bits per heavy atom. The highest BCUT2D eigenvalue weighted by atomic mass is 32.2. The molecule has 1 heterocycles. The number of anilines is 1. The Morgan fingerprint density at radius 2 is 1.67 bits per heavy atom. The van der Waals surface area contributed by atoms with Crippen molar-refractivity contribution >= 4 is 23.4 Å². The lowest BCUT2D eigenvalue weighted by atomic mass is 10.1. The fourth-order valence-corrected chi connectivity index (χ4v) is 3.16. The summed E-state index contributed by atoms with van der Waals surface area (Å²) < 4.78 is 13.0. The van der Waals surface area contributed by atoms with Gasteiger partial charge >= 0.3 is 0 Å². The number of rotatable bonds is 5. The number of carbonyl (C=O) groups excluding carboxylic acids is 1. The summed E-state index contributed by atoms with van der Waals surface area (Å²) in [5.74, 6) is -0.515. The van der Waals surface area contributed by atoms with Gasteiger partial charge in [0.05, 0.1) is 5.03 Å². The van der Waals surface area contributed by atoms with Crippen LogP contribution in [0, 0.1) is 5.82 Å². The Hall–Kier alpha value is -2.66. The second-order valence-corrected chi connectivity index (χ2v) is 6.20. The van der Waals surface area contributed by atoms with Crippen LogP contribution >= 0.6 is 11.8 Å². The van der Waals surface area contributed by atoms with Crippen LogP contribution in [0.5, 0.6) is 0 Å². The van der Waals surface area contributed by atoms with E-state index < -0.39 is 5.25 Å². The first-order chi connectivity index (χ1) is 11.7. The molecule has 0 saturated heterocycles. The van der Waals surface area contributed by atoms with E-state index in [0.29, 0.717) is 5.69 Å². The van der Waals surface area contributed by atoms with Crippen LogP contribution in [-0.2, 0) is 4.79 Å². The molecule has 2 aromatic carbocycles. The number of nitrogens with one attached hydrogen (secondary N) is 1. The van der Waals surface area contributed by atoms with E-state index in [1.165, 1.54) is 23.9 Å². The van der Waals surface area contributed by atoms with E-state index in [-0.39, 0.29) is 11.7 Å². The molecular formula is C19H15FN2OS. The highest BCUT2D eigenvalue weighted by molar-refractivity contribution is 8.00. The third-order valence-corrected chi connectivity index (χ3v) is 4.53. The van der Waals surface area contributed by atoms with Crippen LogP contribution in [0.1, 0.15) is 10.8 Å². The van der Waals surface area contributed by atoms with E-state index >= 15 is 0 Å². The van der Waals surface area contributed by atoms with Crippen LogP contribution in [0.25, 0.3) is 0 Å². The molecule has 0 saturated carbocycles. The molecule has 3 nitrogen and oxygen atoms in total.